The minimum absolute atomic E-state index is 0.0131. The highest BCUT2D eigenvalue weighted by Crippen LogP contribution is 2.36. The molecular formula is C13H14ClF3N2O3. The molecule has 1 aliphatic heterocycles. The van der Waals surface area contributed by atoms with Crippen LogP contribution in [0.2, 0.25) is 5.02 Å². The molecule has 0 aromatic heterocycles. The number of nitrogens with zero attached hydrogens (tertiary/aromatic N) is 1. The normalized spacial score (nSPS) is 19.7. The molecule has 0 saturated carbocycles. The lowest BCUT2D eigenvalue weighted by Crippen LogP contribution is -2.40. The number of hydrogen-bond donors (Lipinski definition) is 2. The predicted octanol–water partition coefficient (Wildman–Crippen LogP) is 2.58. The molecule has 1 heterocycles. The number of anilines is 1. The van der Waals surface area contributed by atoms with Crippen LogP contribution in [-0.4, -0.2) is 48.4 Å². The van der Waals surface area contributed by atoms with Gasteiger partial charge in [-0.15, -0.1) is 0 Å². The number of alkyl halides is 3. The number of rotatable bonds is 1. The first-order valence-electron chi connectivity index (χ1n) is 6.46. The summed E-state index contributed by atoms with van der Waals surface area (Å²) in [5.41, 5.74) is -1.42. The van der Waals surface area contributed by atoms with Crippen LogP contribution in [-0.2, 0) is 10.9 Å². The molecule has 1 atom stereocenters. The van der Waals surface area contributed by atoms with Crippen molar-refractivity contribution < 1.29 is 27.8 Å². The molecule has 1 aromatic rings. The van der Waals surface area contributed by atoms with Gasteiger partial charge in [0.15, 0.2) is 0 Å². The second-order valence-electron chi connectivity index (χ2n) is 4.79. The Morgan fingerprint density at radius 2 is 2.18 bits per heavy atom. The van der Waals surface area contributed by atoms with Crippen molar-refractivity contribution in [2.75, 3.05) is 31.6 Å². The van der Waals surface area contributed by atoms with E-state index < -0.39 is 23.9 Å². The Kier molecular flexibility index (Phi) is 5.15. The third-order valence-electron chi connectivity index (χ3n) is 3.06. The van der Waals surface area contributed by atoms with Crippen LogP contribution in [0.1, 0.15) is 5.56 Å². The lowest BCUT2D eigenvalue weighted by Gasteiger charge is -2.23. The van der Waals surface area contributed by atoms with E-state index in [0.29, 0.717) is 0 Å². The average molecular weight is 339 g/mol. The summed E-state index contributed by atoms with van der Waals surface area (Å²) in [7, 11) is 0. The highest BCUT2D eigenvalue weighted by molar-refractivity contribution is 6.30. The molecule has 0 spiro atoms. The summed E-state index contributed by atoms with van der Waals surface area (Å²) in [6.07, 6.45) is -5.52. The van der Waals surface area contributed by atoms with E-state index in [4.69, 9.17) is 16.3 Å². The summed E-state index contributed by atoms with van der Waals surface area (Å²) in [6, 6.07) is 2.36. The fourth-order valence-corrected chi connectivity index (χ4v) is 2.20. The van der Waals surface area contributed by atoms with Crippen molar-refractivity contribution in [2.24, 2.45) is 0 Å². The van der Waals surface area contributed by atoms with Gasteiger partial charge < -0.3 is 20.1 Å². The third kappa shape index (κ3) is 4.25. The van der Waals surface area contributed by atoms with Crippen molar-refractivity contribution >= 4 is 23.3 Å². The summed E-state index contributed by atoms with van der Waals surface area (Å²) in [5.74, 6) is 0. The predicted molar refractivity (Wildman–Crippen MR) is 73.9 cm³/mol. The van der Waals surface area contributed by atoms with Gasteiger partial charge in [-0.05, 0) is 18.2 Å². The molecule has 1 aliphatic rings. The Balaban J connectivity index is 2.17. The topological polar surface area (TPSA) is 61.8 Å². The molecule has 2 amide bonds. The van der Waals surface area contributed by atoms with Crippen LogP contribution in [0.3, 0.4) is 0 Å². The molecule has 1 aromatic carbocycles. The lowest BCUT2D eigenvalue weighted by molar-refractivity contribution is -0.136. The number of hydrogen-bond acceptors (Lipinski definition) is 3. The Bertz CT molecular complexity index is 554. The van der Waals surface area contributed by atoms with Crippen LogP contribution in [0, 0.1) is 0 Å². The second kappa shape index (κ2) is 6.72. The molecule has 122 valence electrons. The zero-order chi connectivity index (χ0) is 16.3. The maximum absolute atomic E-state index is 13.0. The molecule has 1 saturated heterocycles. The van der Waals surface area contributed by atoms with E-state index in [1.165, 1.54) is 11.0 Å². The van der Waals surface area contributed by atoms with E-state index in [1.807, 2.05) is 0 Å². The number of benzene rings is 1. The summed E-state index contributed by atoms with van der Waals surface area (Å²) < 4.78 is 44.0. The first kappa shape index (κ1) is 16.9. The standard InChI is InChI=1S/C13H14ClF3N2O3/c14-8-1-2-11(10(5-8)13(15,16)17)18-12(21)19-3-4-22-7-9(20)6-19/h1-2,5,9,20H,3-4,6-7H2,(H,18,21). The maximum atomic E-state index is 13.0. The summed E-state index contributed by atoms with van der Waals surface area (Å²) >= 11 is 5.58. The minimum atomic E-state index is -4.64. The summed E-state index contributed by atoms with van der Waals surface area (Å²) in [6.45, 7) is 0.453. The highest BCUT2D eigenvalue weighted by atomic mass is 35.5. The highest BCUT2D eigenvalue weighted by Gasteiger charge is 2.34. The van der Waals surface area contributed by atoms with Crippen molar-refractivity contribution in [2.45, 2.75) is 12.3 Å². The maximum Gasteiger partial charge on any atom is 0.418 e. The molecule has 2 rings (SSSR count). The molecule has 9 heteroatoms. The number of urea groups is 1. The van der Waals surface area contributed by atoms with Gasteiger partial charge in [0.1, 0.15) is 0 Å². The van der Waals surface area contributed by atoms with Crippen LogP contribution in [0.25, 0.3) is 0 Å². The molecule has 22 heavy (non-hydrogen) atoms. The fourth-order valence-electron chi connectivity index (χ4n) is 2.03. The fraction of sp³-hybridized carbons (Fsp3) is 0.462. The Labute approximate surface area is 129 Å². The van der Waals surface area contributed by atoms with E-state index in [0.717, 1.165) is 12.1 Å². The van der Waals surface area contributed by atoms with Crippen molar-refractivity contribution in [1.29, 1.82) is 0 Å². The Hall–Kier alpha value is -1.51. The van der Waals surface area contributed by atoms with Gasteiger partial charge in [0.05, 0.1) is 37.1 Å². The zero-order valence-electron chi connectivity index (χ0n) is 11.4. The van der Waals surface area contributed by atoms with Crippen LogP contribution in [0.4, 0.5) is 23.7 Å². The number of carbonyl (C=O) groups is 1. The number of β-amino-alcohol motifs (C(OH)–C–C–N with tert-alkyl or cyclic N) is 1. The van der Waals surface area contributed by atoms with Crippen LogP contribution in [0.5, 0.6) is 0 Å². The SMILES string of the molecule is O=C(Nc1ccc(Cl)cc1C(F)(F)F)N1CCOCC(O)C1. The molecule has 1 fully saturated rings. The van der Waals surface area contributed by atoms with Crippen molar-refractivity contribution in [3.63, 3.8) is 0 Å². The molecular weight excluding hydrogens is 325 g/mol. The van der Waals surface area contributed by atoms with Gasteiger partial charge in [-0.1, -0.05) is 11.6 Å². The van der Waals surface area contributed by atoms with E-state index in [1.54, 1.807) is 0 Å². The van der Waals surface area contributed by atoms with E-state index in [9.17, 15) is 23.1 Å². The van der Waals surface area contributed by atoms with Gasteiger partial charge in [0.25, 0.3) is 0 Å². The van der Waals surface area contributed by atoms with Gasteiger partial charge in [-0.2, -0.15) is 13.2 Å². The second-order valence-corrected chi connectivity index (χ2v) is 5.23. The number of ether oxygens (including phenoxy) is 1. The van der Waals surface area contributed by atoms with Gasteiger partial charge in [-0.3, -0.25) is 0 Å². The Morgan fingerprint density at radius 3 is 2.86 bits per heavy atom. The summed E-state index contributed by atoms with van der Waals surface area (Å²) in [4.78, 5) is 13.3. The number of carbonyl (C=O) groups excluding carboxylic acids is 1. The number of halogens is 4. The zero-order valence-corrected chi connectivity index (χ0v) is 12.1. The number of aliphatic hydroxyl groups is 1. The van der Waals surface area contributed by atoms with E-state index in [2.05, 4.69) is 5.32 Å². The average Bonchev–Trinajstić information content (AvgIpc) is 2.64. The lowest BCUT2D eigenvalue weighted by atomic mass is 10.1. The smallest absolute Gasteiger partial charge is 0.389 e. The Morgan fingerprint density at radius 1 is 1.45 bits per heavy atom. The van der Waals surface area contributed by atoms with Crippen LogP contribution >= 0.6 is 11.6 Å². The largest absolute Gasteiger partial charge is 0.418 e. The molecule has 5 nitrogen and oxygen atoms in total. The van der Waals surface area contributed by atoms with Crippen LogP contribution in [0.15, 0.2) is 18.2 Å². The first-order valence-corrected chi connectivity index (χ1v) is 6.83. The summed E-state index contributed by atoms with van der Waals surface area (Å²) in [5, 5.41) is 11.7. The monoisotopic (exact) mass is 338 g/mol. The number of aliphatic hydroxyl groups excluding tert-OH is 1. The van der Waals surface area contributed by atoms with E-state index in [-0.39, 0.29) is 37.0 Å². The molecule has 0 bridgehead atoms. The number of amides is 2. The minimum Gasteiger partial charge on any atom is -0.389 e. The van der Waals surface area contributed by atoms with E-state index >= 15 is 0 Å². The third-order valence-corrected chi connectivity index (χ3v) is 3.30. The first-order chi connectivity index (χ1) is 10.3. The van der Waals surface area contributed by atoms with Crippen molar-refractivity contribution in [3.8, 4) is 0 Å². The van der Waals surface area contributed by atoms with Gasteiger partial charge in [-0.25, -0.2) is 4.79 Å². The molecule has 0 aliphatic carbocycles. The van der Waals surface area contributed by atoms with Crippen molar-refractivity contribution in [3.05, 3.63) is 28.8 Å². The van der Waals surface area contributed by atoms with Crippen molar-refractivity contribution in [1.82, 2.24) is 4.90 Å². The van der Waals surface area contributed by atoms with Gasteiger partial charge in [0.2, 0.25) is 0 Å². The molecule has 2 N–H and O–H groups in total. The molecule has 0 radical (unpaired) electrons. The molecule has 1 unspecified atom stereocenters. The van der Waals surface area contributed by atoms with Gasteiger partial charge >= 0.3 is 12.2 Å². The quantitative estimate of drug-likeness (QED) is 0.827. The van der Waals surface area contributed by atoms with Gasteiger partial charge in [0, 0.05) is 11.6 Å². The number of nitrogens with one attached hydrogen (secondary N) is 1. The van der Waals surface area contributed by atoms with Crippen LogP contribution < -0.4 is 5.32 Å².